The predicted molar refractivity (Wildman–Crippen MR) is 74.4 cm³/mol. The molecular formula is C12H14ClNO4S. The van der Waals surface area contributed by atoms with Crippen molar-refractivity contribution in [3.8, 4) is 0 Å². The fourth-order valence-electron chi connectivity index (χ4n) is 1.71. The minimum atomic E-state index is -3.33. The number of H-pyrrole nitrogens is 1. The maximum atomic E-state index is 11.8. The fourth-order valence-corrected chi connectivity index (χ4v) is 2.84. The molecule has 0 radical (unpaired) electrons. The molecule has 5 nitrogen and oxygen atoms in total. The summed E-state index contributed by atoms with van der Waals surface area (Å²) in [4.78, 5) is 13.6. The van der Waals surface area contributed by atoms with Gasteiger partial charge in [-0.05, 0) is 31.5 Å². The lowest BCUT2D eigenvalue weighted by Crippen LogP contribution is -2.35. The monoisotopic (exact) mass is 303 g/mol. The van der Waals surface area contributed by atoms with E-state index in [0.717, 1.165) is 6.26 Å². The summed E-state index contributed by atoms with van der Waals surface area (Å²) in [6.45, 7) is 3.13. The molecule has 0 saturated carbocycles. The Morgan fingerprint density at radius 3 is 2.58 bits per heavy atom. The zero-order valence-corrected chi connectivity index (χ0v) is 12.3. The van der Waals surface area contributed by atoms with Crippen molar-refractivity contribution >= 4 is 32.5 Å². The van der Waals surface area contributed by atoms with Crippen LogP contribution in [0, 0.1) is 0 Å². The van der Waals surface area contributed by atoms with Gasteiger partial charge >= 0.3 is 5.76 Å². The first-order valence-corrected chi connectivity index (χ1v) is 7.92. The molecule has 1 heterocycles. The van der Waals surface area contributed by atoms with Crippen molar-refractivity contribution in [2.45, 2.75) is 24.0 Å². The number of aromatic amines is 1. The number of hydrogen-bond donors (Lipinski definition) is 1. The highest BCUT2D eigenvalue weighted by molar-refractivity contribution is 7.92. The quantitative estimate of drug-likeness (QED) is 0.882. The van der Waals surface area contributed by atoms with Crippen LogP contribution in [0.3, 0.4) is 0 Å². The van der Waals surface area contributed by atoms with Crippen LogP contribution in [0.4, 0.5) is 0 Å². The summed E-state index contributed by atoms with van der Waals surface area (Å²) in [5, 5.41) is -0.743. The van der Waals surface area contributed by atoms with Crippen LogP contribution in [0.5, 0.6) is 0 Å². The molecule has 1 aromatic carbocycles. The molecule has 2 aromatic rings. The minimum Gasteiger partial charge on any atom is -0.408 e. The number of alkyl halides is 1. The van der Waals surface area contributed by atoms with Crippen molar-refractivity contribution in [3.05, 3.63) is 34.3 Å². The Labute approximate surface area is 115 Å². The van der Waals surface area contributed by atoms with Crippen LogP contribution >= 0.6 is 11.6 Å². The van der Waals surface area contributed by atoms with E-state index in [-0.39, 0.29) is 0 Å². The summed E-state index contributed by atoms with van der Waals surface area (Å²) in [7, 11) is -3.33. The molecule has 2 rings (SSSR count). The molecule has 1 unspecified atom stereocenters. The number of fused-ring (bicyclic) bond motifs is 1. The molecule has 0 fully saturated rings. The predicted octanol–water partition coefficient (Wildman–Crippen LogP) is 2.22. The summed E-state index contributed by atoms with van der Waals surface area (Å²) in [5.74, 6) is -0.555. The van der Waals surface area contributed by atoms with Gasteiger partial charge in [-0.3, -0.25) is 4.98 Å². The number of halogens is 1. The van der Waals surface area contributed by atoms with Gasteiger partial charge in [-0.1, -0.05) is 6.07 Å². The Bertz CT molecular complexity index is 772. The van der Waals surface area contributed by atoms with E-state index in [1.165, 1.54) is 0 Å². The van der Waals surface area contributed by atoms with Crippen molar-refractivity contribution < 1.29 is 12.8 Å². The van der Waals surface area contributed by atoms with Gasteiger partial charge < -0.3 is 4.42 Å². The molecular weight excluding hydrogens is 290 g/mol. The van der Waals surface area contributed by atoms with Crippen LogP contribution in [-0.4, -0.2) is 24.4 Å². The number of hydrogen-bond acceptors (Lipinski definition) is 4. The smallest absolute Gasteiger partial charge is 0.408 e. The molecule has 0 bridgehead atoms. The van der Waals surface area contributed by atoms with Gasteiger partial charge in [0.25, 0.3) is 0 Å². The number of oxazole rings is 1. The average Bonchev–Trinajstić information content (AvgIpc) is 2.65. The molecule has 0 spiro atoms. The Morgan fingerprint density at radius 2 is 2.00 bits per heavy atom. The van der Waals surface area contributed by atoms with E-state index in [1.807, 2.05) is 0 Å². The molecule has 0 saturated heterocycles. The molecule has 0 amide bonds. The molecule has 0 aliphatic rings. The van der Waals surface area contributed by atoms with Gasteiger partial charge in [0.1, 0.15) is 0 Å². The molecule has 7 heteroatoms. The Hall–Kier alpha value is -1.27. The first-order valence-electron chi connectivity index (χ1n) is 5.59. The van der Waals surface area contributed by atoms with E-state index < -0.39 is 25.7 Å². The molecule has 19 heavy (non-hydrogen) atoms. The third-order valence-electron chi connectivity index (χ3n) is 3.30. The van der Waals surface area contributed by atoms with Crippen molar-refractivity contribution in [2.24, 2.45) is 0 Å². The summed E-state index contributed by atoms with van der Waals surface area (Å²) in [5.41, 5.74) is 1.50. The van der Waals surface area contributed by atoms with Crippen LogP contribution in [0.15, 0.2) is 27.4 Å². The van der Waals surface area contributed by atoms with E-state index >= 15 is 0 Å². The van der Waals surface area contributed by atoms with Crippen LogP contribution < -0.4 is 5.76 Å². The summed E-state index contributed by atoms with van der Waals surface area (Å²) in [6, 6.07) is 4.90. The van der Waals surface area contributed by atoms with E-state index in [4.69, 9.17) is 16.0 Å². The number of nitrogens with one attached hydrogen (secondary N) is 1. The van der Waals surface area contributed by atoms with Crippen molar-refractivity contribution in [3.63, 3.8) is 0 Å². The highest BCUT2D eigenvalue weighted by atomic mass is 35.5. The van der Waals surface area contributed by atoms with Gasteiger partial charge in [-0.15, -0.1) is 11.6 Å². The molecule has 0 aliphatic heterocycles. The number of benzene rings is 1. The molecule has 1 atom stereocenters. The maximum absolute atomic E-state index is 11.8. The van der Waals surface area contributed by atoms with Crippen LogP contribution in [0.1, 0.15) is 24.8 Å². The molecule has 0 aliphatic carbocycles. The number of aromatic nitrogens is 1. The first kappa shape index (κ1) is 14.1. The molecule has 1 N–H and O–H groups in total. The summed E-state index contributed by atoms with van der Waals surface area (Å²) >= 11 is 6.28. The summed E-state index contributed by atoms with van der Waals surface area (Å²) < 4.78 is 27.4. The Kier molecular flexibility index (Phi) is 3.26. The highest BCUT2D eigenvalue weighted by Crippen LogP contribution is 2.38. The fraction of sp³-hybridized carbons (Fsp3) is 0.417. The first-order chi connectivity index (χ1) is 8.63. The second-order valence-electron chi connectivity index (χ2n) is 5.01. The van der Waals surface area contributed by atoms with Crippen molar-refractivity contribution in [1.29, 1.82) is 0 Å². The molecule has 1 aromatic heterocycles. The van der Waals surface area contributed by atoms with Gasteiger partial charge in [-0.2, -0.15) is 0 Å². The van der Waals surface area contributed by atoms with Gasteiger partial charge in [0.2, 0.25) is 0 Å². The SMILES string of the molecule is CC(C)(C(Cl)c1ccc2[nH]c(=O)oc2c1)S(C)(=O)=O. The van der Waals surface area contributed by atoms with Gasteiger partial charge in [0, 0.05) is 6.26 Å². The van der Waals surface area contributed by atoms with Crippen molar-refractivity contribution in [1.82, 2.24) is 4.98 Å². The minimum absolute atomic E-state index is 0.359. The normalized spacial score (nSPS) is 14.7. The van der Waals surface area contributed by atoms with Crippen LogP contribution in [-0.2, 0) is 9.84 Å². The lowest BCUT2D eigenvalue weighted by molar-refractivity contribution is 0.541. The Balaban J connectivity index is 2.52. The van der Waals surface area contributed by atoms with Gasteiger partial charge in [0.15, 0.2) is 15.4 Å². The zero-order chi connectivity index (χ0) is 14.4. The standard InChI is InChI=1S/C12H14ClNO4S/c1-12(2,19(3,16)17)10(13)7-4-5-8-9(6-7)18-11(15)14-8/h4-6,10H,1-3H3,(H,14,15). The third-order valence-corrected chi connectivity index (χ3v) is 6.38. The zero-order valence-electron chi connectivity index (χ0n) is 10.7. The second kappa shape index (κ2) is 4.38. The van der Waals surface area contributed by atoms with E-state index in [1.54, 1.807) is 32.0 Å². The largest absolute Gasteiger partial charge is 0.417 e. The van der Waals surface area contributed by atoms with E-state index in [2.05, 4.69) is 4.98 Å². The van der Waals surface area contributed by atoms with Gasteiger partial charge in [-0.25, -0.2) is 13.2 Å². The second-order valence-corrected chi connectivity index (χ2v) is 8.04. The maximum Gasteiger partial charge on any atom is 0.417 e. The van der Waals surface area contributed by atoms with E-state index in [0.29, 0.717) is 16.7 Å². The van der Waals surface area contributed by atoms with E-state index in [9.17, 15) is 13.2 Å². The van der Waals surface area contributed by atoms with Crippen LogP contribution in [0.25, 0.3) is 11.1 Å². The van der Waals surface area contributed by atoms with Gasteiger partial charge in [0.05, 0.1) is 15.6 Å². The highest BCUT2D eigenvalue weighted by Gasteiger charge is 2.39. The topological polar surface area (TPSA) is 80.1 Å². The lowest BCUT2D eigenvalue weighted by Gasteiger charge is -2.28. The average molecular weight is 304 g/mol. The Morgan fingerprint density at radius 1 is 1.37 bits per heavy atom. The van der Waals surface area contributed by atoms with Crippen LogP contribution in [0.2, 0.25) is 0 Å². The number of sulfone groups is 1. The lowest BCUT2D eigenvalue weighted by atomic mass is 10.0. The van der Waals surface area contributed by atoms with Crippen molar-refractivity contribution in [2.75, 3.05) is 6.26 Å². The third kappa shape index (κ3) is 2.42. The molecule has 104 valence electrons. The number of rotatable bonds is 3. The summed E-state index contributed by atoms with van der Waals surface area (Å²) in [6.07, 6.45) is 1.15.